The molecule has 0 fully saturated rings. The molecular weight excluding hydrogens is 498 g/mol. The second-order valence-corrected chi connectivity index (χ2v) is 10.3. The highest BCUT2D eigenvalue weighted by Gasteiger charge is 2.17. The number of aryl methyl sites for hydroxylation is 1. The summed E-state index contributed by atoms with van der Waals surface area (Å²) in [5.41, 5.74) is 2.48. The summed E-state index contributed by atoms with van der Waals surface area (Å²) >= 11 is 7.33. The molecule has 0 aliphatic heterocycles. The lowest BCUT2D eigenvalue weighted by atomic mass is 10.1. The van der Waals surface area contributed by atoms with Gasteiger partial charge in [-0.25, -0.2) is 0 Å². The summed E-state index contributed by atoms with van der Waals surface area (Å²) in [5.74, 6) is -0.431. The van der Waals surface area contributed by atoms with Crippen molar-refractivity contribution in [1.29, 1.82) is 0 Å². The largest absolute Gasteiger partial charge is 0.386 e. The second-order valence-electron chi connectivity index (χ2n) is 8.74. The number of hydrogen-bond donors (Lipinski definition) is 2. The zero-order valence-electron chi connectivity index (χ0n) is 20.3. The Balaban J connectivity index is 1.41. The average Bonchev–Trinajstić information content (AvgIpc) is 3.31. The summed E-state index contributed by atoms with van der Waals surface area (Å²) in [7, 11) is 5.73. The lowest BCUT2D eigenvalue weighted by molar-refractivity contribution is 0.0287. The van der Waals surface area contributed by atoms with E-state index in [1.807, 2.05) is 55.4 Å². The Labute approximate surface area is 218 Å². The van der Waals surface area contributed by atoms with Gasteiger partial charge in [-0.2, -0.15) is 0 Å². The summed E-state index contributed by atoms with van der Waals surface area (Å²) in [4.78, 5) is 29.4. The highest BCUT2D eigenvalue weighted by atomic mass is 35.5. The van der Waals surface area contributed by atoms with Gasteiger partial charge in [0.1, 0.15) is 16.5 Å². The van der Waals surface area contributed by atoms with Gasteiger partial charge in [-0.1, -0.05) is 35.9 Å². The first kappa shape index (κ1) is 25.9. The summed E-state index contributed by atoms with van der Waals surface area (Å²) in [6.07, 6.45) is 0.808. The minimum atomic E-state index is -0.752. The van der Waals surface area contributed by atoms with Crippen molar-refractivity contribution in [1.82, 2.24) is 9.88 Å². The molecule has 9 heteroatoms. The minimum absolute atomic E-state index is 0.0841. The van der Waals surface area contributed by atoms with Gasteiger partial charge in [0.05, 0.1) is 18.6 Å². The van der Waals surface area contributed by atoms with Crippen molar-refractivity contribution >= 4 is 44.7 Å². The number of nitrogens with zero attached hydrogens (tertiary/aromatic N) is 2. The van der Waals surface area contributed by atoms with Gasteiger partial charge in [0, 0.05) is 49.5 Å². The molecule has 2 aromatic heterocycles. The minimum Gasteiger partial charge on any atom is -0.386 e. The van der Waals surface area contributed by atoms with Crippen molar-refractivity contribution < 1.29 is 14.6 Å². The molecule has 0 saturated heterocycles. The Kier molecular flexibility index (Phi) is 8.11. The highest BCUT2D eigenvalue weighted by molar-refractivity contribution is 7.18. The number of aromatic nitrogens is 1. The number of benzene rings is 2. The van der Waals surface area contributed by atoms with Crippen molar-refractivity contribution in [2.75, 3.05) is 25.6 Å². The summed E-state index contributed by atoms with van der Waals surface area (Å²) in [6.45, 7) is 0.675. The van der Waals surface area contributed by atoms with Crippen LogP contribution in [0.3, 0.4) is 0 Å². The number of ether oxygens (including phenoxy) is 1. The van der Waals surface area contributed by atoms with Gasteiger partial charge in [-0.3, -0.25) is 9.59 Å². The van der Waals surface area contributed by atoms with E-state index in [-0.39, 0.29) is 24.2 Å². The number of nitrogens with one attached hydrogen (secondary N) is 1. The Bertz CT molecular complexity index is 1410. The molecule has 0 saturated carbocycles. The number of rotatable bonds is 9. The van der Waals surface area contributed by atoms with Crippen LogP contribution in [-0.4, -0.2) is 36.3 Å². The molecule has 0 bridgehead atoms. The molecular formula is C27H28ClN3O4S. The van der Waals surface area contributed by atoms with Crippen LogP contribution < -0.4 is 15.6 Å². The van der Waals surface area contributed by atoms with Crippen LogP contribution in [0.2, 0.25) is 5.02 Å². The van der Waals surface area contributed by atoms with E-state index in [0.29, 0.717) is 17.0 Å². The maximum atomic E-state index is 13.1. The monoisotopic (exact) mass is 525 g/mol. The number of amides is 1. The molecule has 7 nitrogen and oxygen atoms in total. The number of aliphatic hydroxyl groups is 1. The number of hydrogen-bond acceptors (Lipinski definition) is 6. The van der Waals surface area contributed by atoms with Crippen LogP contribution in [0.5, 0.6) is 0 Å². The third-order valence-corrected chi connectivity index (χ3v) is 7.27. The Hall–Kier alpha value is -3.17. The average molecular weight is 526 g/mol. The Morgan fingerprint density at radius 3 is 2.53 bits per heavy atom. The number of thiophene rings is 1. The van der Waals surface area contributed by atoms with Gasteiger partial charge >= 0.3 is 0 Å². The fraction of sp³-hybridized carbons (Fsp3) is 0.259. The van der Waals surface area contributed by atoms with Crippen molar-refractivity contribution in [3.05, 3.63) is 97.6 Å². The standard InChI is InChI=1S/C27H28ClN3O4S/c1-30(2)20-10-6-18(7-11-20)24(32)16-35-15-21-12-22-25(33)23(14-31(3)27(22)36-21)26(34)29-13-17-4-8-19(28)9-5-17/h4-12,14,24,32H,13,15-16H2,1-3H3,(H,29,34)/t24-/m1/s1. The lowest BCUT2D eigenvalue weighted by Crippen LogP contribution is -2.29. The van der Waals surface area contributed by atoms with Gasteiger partial charge < -0.3 is 24.6 Å². The van der Waals surface area contributed by atoms with Crippen LogP contribution in [0.15, 0.2) is 65.6 Å². The fourth-order valence-electron chi connectivity index (χ4n) is 3.79. The van der Waals surface area contributed by atoms with Gasteiger partial charge in [0.25, 0.3) is 5.91 Å². The van der Waals surface area contributed by atoms with E-state index in [1.54, 1.807) is 36.0 Å². The zero-order valence-corrected chi connectivity index (χ0v) is 21.9. The first-order valence-corrected chi connectivity index (χ1v) is 12.6. The smallest absolute Gasteiger partial charge is 0.257 e. The van der Waals surface area contributed by atoms with Crippen molar-refractivity contribution in [3.8, 4) is 0 Å². The number of anilines is 1. The molecule has 0 aliphatic carbocycles. The molecule has 188 valence electrons. The Morgan fingerprint density at radius 2 is 1.86 bits per heavy atom. The number of carbonyl (C=O) groups is 1. The molecule has 0 aliphatic rings. The molecule has 2 N–H and O–H groups in total. The van der Waals surface area contributed by atoms with Crippen LogP contribution in [0.4, 0.5) is 5.69 Å². The number of halogens is 1. The van der Waals surface area contributed by atoms with E-state index in [9.17, 15) is 14.7 Å². The molecule has 2 heterocycles. The van der Waals surface area contributed by atoms with E-state index in [4.69, 9.17) is 16.3 Å². The van der Waals surface area contributed by atoms with Crippen LogP contribution in [0.1, 0.15) is 32.5 Å². The van der Waals surface area contributed by atoms with Crippen molar-refractivity contribution in [3.63, 3.8) is 0 Å². The topological polar surface area (TPSA) is 83.8 Å². The quantitative estimate of drug-likeness (QED) is 0.336. The fourth-order valence-corrected chi connectivity index (χ4v) is 4.94. The van der Waals surface area contributed by atoms with Crippen LogP contribution >= 0.6 is 22.9 Å². The van der Waals surface area contributed by atoms with Crippen molar-refractivity contribution in [2.45, 2.75) is 19.3 Å². The van der Waals surface area contributed by atoms with E-state index in [0.717, 1.165) is 26.5 Å². The van der Waals surface area contributed by atoms with Crippen LogP contribution in [-0.2, 0) is 24.9 Å². The highest BCUT2D eigenvalue weighted by Crippen LogP contribution is 2.25. The molecule has 1 atom stereocenters. The first-order valence-electron chi connectivity index (χ1n) is 11.4. The third kappa shape index (κ3) is 5.96. The normalized spacial score (nSPS) is 12.0. The number of pyridine rings is 1. The summed E-state index contributed by atoms with van der Waals surface area (Å²) < 4.78 is 7.53. The predicted molar refractivity (Wildman–Crippen MR) is 145 cm³/mol. The van der Waals surface area contributed by atoms with Gasteiger partial charge in [-0.05, 0) is 41.5 Å². The number of aliphatic hydroxyl groups excluding tert-OH is 1. The number of carbonyl (C=O) groups excluding carboxylic acids is 1. The predicted octanol–water partition coefficient (Wildman–Crippen LogP) is 4.50. The van der Waals surface area contributed by atoms with Gasteiger partial charge in [-0.15, -0.1) is 11.3 Å². The Morgan fingerprint density at radius 1 is 1.17 bits per heavy atom. The molecule has 0 radical (unpaired) electrons. The molecule has 4 aromatic rings. The molecule has 4 rings (SSSR count). The van der Waals surface area contributed by atoms with Crippen LogP contribution in [0.25, 0.3) is 10.2 Å². The lowest BCUT2D eigenvalue weighted by Gasteiger charge is -2.15. The molecule has 2 aromatic carbocycles. The third-order valence-electron chi connectivity index (χ3n) is 5.82. The van der Waals surface area contributed by atoms with E-state index < -0.39 is 12.0 Å². The van der Waals surface area contributed by atoms with Gasteiger partial charge in [0.15, 0.2) is 0 Å². The maximum Gasteiger partial charge on any atom is 0.257 e. The SMILES string of the molecule is CN(C)c1ccc([C@H](O)COCc2cc3c(=O)c(C(=O)NCc4ccc(Cl)cc4)cn(C)c3s2)cc1. The summed E-state index contributed by atoms with van der Waals surface area (Å²) in [5, 5.41) is 14.4. The summed E-state index contributed by atoms with van der Waals surface area (Å²) in [6, 6.07) is 16.6. The molecule has 0 unspecified atom stereocenters. The maximum absolute atomic E-state index is 13.1. The van der Waals surface area contributed by atoms with E-state index in [1.165, 1.54) is 11.3 Å². The molecule has 0 spiro atoms. The second kappa shape index (κ2) is 11.3. The van der Waals surface area contributed by atoms with E-state index in [2.05, 4.69) is 5.32 Å². The molecule has 36 heavy (non-hydrogen) atoms. The zero-order chi connectivity index (χ0) is 25.8. The van der Waals surface area contributed by atoms with Crippen LogP contribution in [0, 0.1) is 0 Å². The van der Waals surface area contributed by atoms with E-state index >= 15 is 0 Å². The first-order chi connectivity index (χ1) is 17.2. The van der Waals surface area contributed by atoms with Crippen molar-refractivity contribution in [2.24, 2.45) is 7.05 Å². The number of fused-ring (bicyclic) bond motifs is 1. The molecule has 1 amide bonds. The van der Waals surface area contributed by atoms with Gasteiger partial charge in [0.2, 0.25) is 5.43 Å².